The van der Waals surface area contributed by atoms with Crippen LogP contribution in [0.4, 0.5) is 4.79 Å². The lowest BCUT2D eigenvalue weighted by Crippen LogP contribution is -2.37. The molecular weight excluding hydrogens is 204 g/mol. The van der Waals surface area contributed by atoms with Gasteiger partial charge in [-0.1, -0.05) is 5.16 Å². The van der Waals surface area contributed by atoms with E-state index in [9.17, 15) is 9.59 Å². The average molecular weight is 214 g/mol. The third-order valence-electron chi connectivity index (χ3n) is 1.05. The molecule has 0 rings (SSSR count). The lowest BCUT2D eigenvalue weighted by molar-refractivity contribution is -0.114. The van der Waals surface area contributed by atoms with Crippen LogP contribution in [-0.2, 0) is 14.4 Å². The summed E-state index contributed by atoms with van der Waals surface area (Å²) in [5.74, 6) is -0.565. The highest BCUT2D eigenvalue weighted by atomic mass is 16.6. The molecule has 0 aliphatic heterocycles. The highest BCUT2D eigenvalue weighted by Gasteiger charge is 1.98. The molecule has 0 aromatic rings. The zero-order valence-electron chi connectivity index (χ0n) is 8.02. The average Bonchev–Trinajstić information content (AvgIpc) is 2.24. The van der Waals surface area contributed by atoms with E-state index >= 15 is 0 Å². The van der Waals surface area contributed by atoms with Gasteiger partial charge in [0.1, 0.15) is 12.3 Å². The topological polar surface area (TPSA) is 113 Å². The minimum absolute atomic E-state index is 0.0875. The molecule has 0 spiro atoms. The molecule has 0 radical (unpaired) electrons. The first-order valence-corrected chi connectivity index (χ1v) is 3.82. The highest BCUT2D eigenvalue weighted by Crippen LogP contribution is 1.72. The zero-order valence-corrected chi connectivity index (χ0v) is 8.02. The lowest BCUT2D eigenvalue weighted by atomic mass is 10.6. The molecule has 0 fully saturated rings. The zero-order chi connectivity index (χ0) is 11.5. The smallest absolute Gasteiger partial charge is 0.408 e. The number of ether oxygens (including phenoxy) is 1. The van der Waals surface area contributed by atoms with Gasteiger partial charge in [0.25, 0.3) is 5.91 Å². The summed E-state index contributed by atoms with van der Waals surface area (Å²) in [6.45, 7) is -0.319. The largest absolute Gasteiger partial charge is 0.453 e. The maximum Gasteiger partial charge on any atom is 0.408 e. The van der Waals surface area contributed by atoms with Gasteiger partial charge >= 0.3 is 6.09 Å². The number of rotatable bonds is 5. The van der Waals surface area contributed by atoms with Crippen LogP contribution in [0.1, 0.15) is 0 Å². The monoisotopic (exact) mass is 214 g/mol. The molecule has 0 atom stereocenters. The first-order valence-electron chi connectivity index (χ1n) is 3.82. The van der Waals surface area contributed by atoms with E-state index in [1.165, 1.54) is 7.11 Å². The number of amides is 2. The quantitative estimate of drug-likeness (QED) is 0.262. The van der Waals surface area contributed by atoms with Crippen molar-refractivity contribution >= 4 is 18.2 Å². The van der Waals surface area contributed by atoms with Crippen LogP contribution in [0.15, 0.2) is 5.16 Å². The van der Waals surface area contributed by atoms with Crippen LogP contribution in [0.5, 0.6) is 0 Å². The summed E-state index contributed by atoms with van der Waals surface area (Å²) in [5, 5.41) is 15.7. The Hall–Kier alpha value is -2.30. The van der Waals surface area contributed by atoms with Crippen LogP contribution in [0.2, 0.25) is 0 Å². The molecule has 0 aliphatic carbocycles. The molecule has 8 heteroatoms. The van der Waals surface area contributed by atoms with Gasteiger partial charge < -0.3 is 20.2 Å². The summed E-state index contributed by atoms with van der Waals surface area (Å²) in [7, 11) is 1.20. The fourth-order valence-corrected chi connectivity index (χ4v) is 0.473. The Morgan fingerprint density at radius 1 is 1.53 bits per heavy atom. The van der Waals surface area contributed by atoms with Crippen molar-refractivity contribution in [3.63, 3.8) is 0 Å². The second-order valence-electron chi connectivity index (χ2n) is 2.05. The number of nitrogens with one attached hydrogen (secondary N) is 2. The van der Waals surface area contributed by atoms with Gasteiger partial charge in [-0.05, 0) is 0 Å². The van der Waals surface area contributed by atoms with E-state index < -0.39 is 12.0 Å². The standard InChI is InChI=1S/C7H10N4O4/c1-14-7(13)10-5-9-6(12)4-11-15-3-2-8/h4H,3,5H2,1H3,(H,9,12)(H,10,13)/b11-4+. The molecule has 0 bridgehead atoms. The van der Waals surface area contributed by atoms with Crippen molar-refractivity contribution in [2.75, 3.05) is 20.4 Å². The summed E-state index contributed by atoms with van der Waals surface area (Å²) in [6.07, 6.45) is 0.184. The van der Waals surface area contributed by atoms with Crippen molar-refractivity contribution in [1.82, 2.24) is 10.6 Å². The Balaban J connectivity index is 3.54. The molecule has 0 aliphatic rings. The summed E-state index contributed by atoms with van der Waals surface area (Å²) >= 11 is 0. The number of alkyl carbamates (subject to hydrolysis) is 1. The van der Waals surface area contributed by atoms with E-state index in [2.05, 4.69) is 25.4 Å². The van der Waals surface area contributed by atoms with Gasteiger partial charge in [0, 0.05) is 0 Å². The van der Waals surface area contributed by atoms with Crippen LogP contribution >= 0.6 is 0 Å². The Kier molecular flexibility index (Phi) is 7.03. The number of hydrogen-bond acceptors (Lipinski definition) is 6. The minimum atomic E-state index is -0.659. The summed E-state index contributed by atoms with van der Waals surface area (Å²) in [4.78, 5) is 25.7. The molecule has 0 saturated heterocycles. The van der Waals surface area contributed by atoms with Crippen LogP contribution in [-0.4, -0.2) is 38.6 Å². The van der Waals surface area contributed by atoms with Crippen LogP contribution in [0.3, 0.4) is 0 Å². The van der Waals surface area contributed by atoms with E-state index in [1.807, 2.05) is 0 Å². The normalized spacial score (nSPS) is 9.07. The predicted molar refractivity (Wildman–Crippen MR) is 48.6 cm³/mol. The Morgan fingerprint density at radius 2 is 2.27 bits per heavy atom. The molecule has 0 unspecified atom stereocenters. The van der Waals surface area contributed by atoms with Gasteiger partial charge in [-0.2, -0.15) is 5.26 Å². The number of nitrogens with zero attached hydrogens (tertiary/aromatic N) is 2. The van der Waals surface area contributed by atoms with Gasteiger partial charge in [-0.3, -0.25) is 4.79 Å². The van der Waals surface area contributed by atoms with Crippen molar-refractivity contribution in [2.24, 2.45) is 5.16 Å². The Bertz CT molecular complexity index is 283. The number of hydrogen-bond donors (Lipinski definition) is 2. The van der Waals surface area contributed by atoms with Gasteiger partial charge in [0.05, 0.1) is 13.8 Å². The van der Waals surface area contributed by atoms with Crippen molar-refractivity contribution in [3.05, 3.63) is 0 Å². The SMILES string of the molecule is COC(=O)NCNC(=O)/C=N/OCC#N. The molecule has 2 N–H and O–H groups in total. The number of carbonyl (C=O) groups is 2. The predicted octanol–water partition coefficient (Wildman–Crippen LogP) is -1.06. The number of methoxy groups -OCH3 is 1. The molecule has 0 saturated carbocycles. The van der Waals surface area contributed by atoms with Crippen LogP contribution in [0, 0.1) is 11.3 Å². The third-order valence-corrected chi connectivity index (χ3v) is 1.05. The van der Waals surface area contributed by atoms with Crippen molar-refractivity contribution in [2.45, 2.75) is 0 Å². The number of carbonyl (C=O) groups excluding carboxylic acids is 2. The van der Waals surface area contributed by atoms with Crippen molar-refractivity contribution in [3.8, 4) is 6.07 Å². The maximum absolute atomic E-state index is 10.9. The minimum Gasteiger partial charge on any atom is -0.453 e. The summed E-state index contributed by atoms with van der Waals surface area (Å²) in [6, 6.07) is 1.67. The Labute approximate surface area is 85.8 Å². The summed E-state index contributed by atoms with van der Waals surface area (Å²) < 4.78 is 4.25. The van der Waals surface area contributed by atoms with E-state index in [1.54, 1.807) is 6.07 Å². The Morgan fingerprint density at radius 3 is 2.87 bits per heavy atom. The van der Waals surface area contributed by atoms with Crippen LogP contribution in [0.25, 0.3) is 0 Å². The molecular formula is C7H10N4O4. The molecule has 82 valence electrons. The second-order valence-corrected chi connectivity index (χ2v) is 2.05. The molecule has 8 nitrogen and oxygen atoms in total. The highest BCUT2D eigenvalue weighted by molar-refractivity contribution is 6.26. The molecule has 15 heavy (non-hydrogen) atoms. The third kappa shape index (κ3) is 8.04. The van der Waals surface area contributed by atoms with Gasteiger partial charge in [-0.25, -0.2) is 4.79 Å². The molecule has 0 aromatic carbocycles. The fourth-order valence-electron chi connectivity index (χ4n) is 0.473. The number of nitriles is 1. The van der Waals surface area contributed by atoms with E-state index in [0.717, 1.165) is 6.21 Å². The van der Waals surface area contributed by atoms with Gasteiger partial charge in [0.15, 0.2) is 0 Å². The molecule has 2 amide bonds. The molecule has 0 aromatic heterocycles. The van der Waals surface area contributed by atoms with E-state index in [0.29, 0.717) is 0 Å². The van der Waals surface area contributed by atoms with Crippen molar-refractivity contribution in [1.29, 1.82) is 5.26 Å². The number of oxime groups is 1. The van der Waals surface area contributed by atoms with Crippen LogP contribution < -0.4 is 10.6 Å². The lowest BCUT2D eigenvalue weighted by Gasteiger charge is -2.02. The van der Waals surface area contributed by atoms with Gasteiger partial charge in [-0.15, -0.1) is 0 Å². The van der Waals surface area contributed by atoms with E-state index in [-0.39, 0.29) is 13.3 Å². The maximum atomic E-state index is 10.9. The van der Waals surface area contributed by atoms with Gasteiger partial charge in [0.2, 0.25) is 6.61 Å². The first-order chi connectivity index (χ1) is 7.20. The second kappa shape index (κ2) is 8.31. The molecule has 0 heterocycles. The van der Waals surface area contributed by atoms with Crippen molar-refractivity contribution < 1.29 is 19.2 Å². The van der Waals surface area contributed by atoms with E-state index in [4.69, 9.17) is 5.26 Å². The first kappa shape index (κ1) is 12.7. The fraction of sp³-hybridized carbons (Fsp3) is 0.429. The summed E-state index contributed by atoms with van der Waals surface area (Å²) in [5.41, 5.74) is 0.